The van der Waals surface area contributed by atoms with E-state index in [0.29, 0.717) is 30.0 Å². The van der Waals surface area contributed by atoms with Crippen molar-refractivity contribution in [3.63, 3.8) is 0 Å². The highest BCUT2D eigenvalue weighted by atomic mass is 16.5. The largest absolute Gasteiger partial charge is 0.496 e. The van der Waals surface area contributed by atoms with Gasteiger partial charge in [-0.05, 0) is 25.0 Å². The van der Waals surface area contributed by atoms with Crippen LogP contribution in [-0.4, -0.2) is 28.2 Å². The SMILES string of the molecule is Cn1cc(NC(=O)C2=CC3=C(OCC3)C(C)(C(N)=O)C2)cn1. The molecule has 0 saturated carbocycles. The van der Waals surface area contributed by atoms with Gasteiger partial charge in [-0.1, -0.05) is 0 Å². The van der Waals surface area contributed by atoms with Gasteiger partial charge in [-0.15, -0.1) is 0 Å². The number of aromatic nitrogens is 2. The number of carbonyl (C=O) groups excluding carboxylic acids is 2. The van der Waals surface area contributed by atoms with Gasteiger partial charge in [0.1, 0.15) is 11.2 Å². The van der Waals surface area contributed by atoms with E-state index in [0.717, 1.165) is 5.57 Å². The second-order valence-electron chi connectivity index (χ2n) is 5.85. The molecule has 2 heterocycles. The number of carbonyl (C=O) groups is 2. The topological polar surface area (TPSA) is 99.2 Å². The van der Waals surface area contributed by atoms with Crippen LogP contribution in [0.25, 0.3) is 0 Å². The number of nitrogens with two attached hydrogens (primary N) is 1. The van der Waals surface area contributed by atoms with Gasteiger partial charge in [0.05, 0.1) is 18.5 Å². The van der Waals surface area contributed by atoms with Gasteiger partial charge in [0, 0.05) is 25.2 Å². The van der Waals surface area contributed by atoms with E-state index in [4.69, 9.17) is 10.5 Å². The molecule has 0 radical (unpaired) electrons. The van der Waals surface area contributed by atoms with Gasteiger partial charge in [-0.3, -0.25) is 14.3 Å². The molecule has 1 aromatic rings. The van der Waals surface area contributed by atoms with Crippen molar-refractivity contribution in [2.45, 2.75) is 19.8 Å². The third-order valence-corrected chi connectivity index (χ3v) is 4.10. The maximum absolute atomic E-state index is 12.4. The molecule has 0 bridgehead atoms. The van der Waals surface area contributed by atoms with E-state index in [-0.39, 0.29) is 12.3 Å². The van der Waals surface area contributed by atoms with Gasteiger partial charge < -0.3 is 15.8 Å². The Labute approximate surface area is 127 Å². The number of anilines is 1. The summed E-state index contributed by atoms with van der Waals surface area (Å²) in [5.41, 5.74) is 6.59. The first-order valence-electron chi connectivity index (χ1n) is 7.07. The summed E-state index contributed by atoms with van der Waals surface area (Å²) >= 11 is 0. The lowest BCUT2D eigenvalue weighted by atomic mass is 9.75. The Hall–Kier alpha value is -2.57. The second kappa shape index (κ2) is 5.01. The van der Waals surface area contributed by atoms with E-state index in [1.807, 2.05) is 0 Å². The van der Waals surface area contributed by atoms with E-state index < -0.39 is 11.3 Å². The number of amides is 2. The van der Waals surface area contributed by atoms with Crippen LogP contribution in [0, 0.1) is 5.41 Å². The lowest BCUT2D eigenvalue weighted by molar-refractivity contribution is -0.126. The summed E-state index contributed by atoms with van der Waals surface area (Å²) in [6.07, 6.45) is 5.99. The van der Waals surface area contributed by atoms with Crippen molar-refractivity contribution in [1.29, 1.82) is 0 Å². The monoisotopic (exact) mass is 302 g/mol. The normalized spacial score (nSPS) is 23.6. The molecule has 0 spiro atoms. The van der Waals surface area contributed by atoms with Crippen LogP contribution in [0.3, 0.4) is 0 Å². The number of allylic oxidation sites excluding steroid dienone is 1. The number of hydrogen-bond donors (Lipinski definition) is 2. The summed E-state index contributed by atoms with van der Waals surface area (Å²) < 4.78 is 7.17. The molecule has 2 amide bonds. The molecule has 3 rings (SSSR count). The Balaban J connectivity index is 1.88. The summed E-state index contributed by atoms with van der Waals surface area (Å²) in [6.45, 7) is 2.24. The smallest absolute Gasteiger partial charge is 0.251 e. The van der Waals surface area contributed by atoms with Crippen LogP contribution in [0.1, 0.15) is 19.8 Å². The average molecular weight is 302 g/mol. The fourth-order valence-electron chi connectivity index (χ4n) is 2.89. The highest BCUT2D eigenvalue weighted by molar-refractivity contribution is 6.05. The Kier molecular flexibility index (Phi) is 3.27. The van der Waals surface area contributed by atoms with Crippen molar-refractivity contribution in [2.75, 3.05) is 11.9 Å². The minimum absolute atomic E-state index is 0.229. The number of nitrogens with one attached hydrogen (secondary N) is 1. The molecule has 1 atom stereocenters. The summed E-state index contributed by atoms with van der Waals surface area (Å²) in [6, 6.07) is 0. The van der Waals surface area contributed by atoms with E-state index in [1.165, 1.54) is 0 Å². The summed E-state index contributed by atoms with van der Waals surface area (Å²) in [5, 5.41) is 6.79. The van der Waals surface area contributed by atoms with Crippen LogP contribution in [0.2, 0.25) is 0 Å². The van der Waals surface area contributed by atoms with Crippen molar-refractivity contribution in [3.05, 3.63) is 35.4 Å². The van der Waals surface area contributed by atoms with Gasteiger partial charge in [-0.25, -0.2) is 0 Å². The molecule has 1 aromatic heterocycles. The summed E-state index contributed by atoms with van der Waals surface area (Å²) in [4.78, 5) is 24.3. The van der Waals surface area contributed by atoms with Crippen LogP contribution >= 0.6 is 0 Å². The zero-order chi connectivity index (χ0) is 15.9. The van der Waals surface area contributed by atoms with Crippen LogP contribution < -0.4 is 11.1 Å². The maximum atomic E-state index is 12.4. The zero-order valence-electron chi connectivity index (χ0n) is 12.5. The lowest BCUT2D eigenvalue weighted by Gasteiger charge is -2.31. The Morgan fingerprint density at radius 2 is 2.27 bits per heavy atom. The molecular formula is C15H18N4O3. The number of rotatable bonds is 3. The molecule has 3 N–H and O–H groups in total. The van der Waals surface area contributed by atoms with Crippen LogP contribution in [0.4, 0.5) is 5.69 Å². The van der Waals surface area contributed by atoms with E-state index in [2.05, 4.69) is 10.4 Å². The first-order valence-corrected chi connectivity index (χ1v) is 7.07. The molecule has 7 nitrogen and oxygen atoms in total. The fraction of sp³-hybridized carbons (Fsp3) is 0.400. The molecule has 0 aromatic carbocycles. The van der Waals surface area contributed by atoms with Gasteiger partial charge in [0.25, 0.3) is 5.91 Å². The minimum Gasteiger partial charge on any atom is -0.496 e. The van der Waals surface area contributed by atoms with Gasteiger partial charge in [0.2, 0.25) is 5.91 Å². The molecular weight excluding hydrogens is 284 g/mol. The minimum atomic E-state index is -0.970. The third kappa shape index (κ3) is 2.28. The molecule has 7 heteroatoms. The number of nitrogens with zero attached hydrogens (tertiary/aromatic N) is 2. The standard InChI is InChI=1S/C15H18N4O3/c1-15(14(16)21)6-10(5-9-3-4-22-12(9)15)13(20)18-11-7-17-19(2)8-11/h5,7-8H,3-4,6H2,1-2H3,(H2,16,21)(H,18,20). The van der Waals surface area contributed by atoms with E-state index in [1.54, 1.807) is 37.1 Å². The van der Waals surface area contributed by atoms with Gasteiger partial charge >= 0.3 is 0 Å². The molecule has 1 aliphatic heterocycles. The molecule has 1 unspecified atom stereocenters. The quantitative estimate of drug-likeness (QED) is 0.864. The van der Waals surface area contributed by atoms with Crippen molar-refractivity contribution in [1.82, 2.24) is 9.78 Å². The molecule has 2 aliphatic rings. The van der Waals surface area contributed by atoms with E-state index >= 15 is 0 Å². The Morgan fingerprint density at radius 1 is 1.50 bits per heavy atom. The average Bonchev–Trinajstić information content (AvgIpc) is 3.07. The van der Waals surface area contributed by atoms with Crippen molar-refractivity contribution >= 4 is 17.5 Å². The molecule has 1 aliphatic carbocycles. The fourth-order valence-corrected chi connectivity index (χ4v) is 2.89. The van der Waals surface area contributed by atoms with Crippen molar-refractivity contribution < 1.29 is 14.3 Å². The summed E-state index contributed by atoms with van der Waals surface area (Å²) in [7, 11) is 1.77. The van der Waals surface area contributed by atoms with E-state index in [9.17, 15) is 9.59 Å². The highest BCUT2D eigenvalue weighted by Gasteiger charge is 2.44. The van der Waals surface area contributed by atoms with Crippen molar-refractivity contribution in [2.24, 2.45) is 18.2 Å². The third-order valence-electron chi connectivity index (χ3n) is 4.10. The number of aryl methyl sites for hydroxylation is 1. The molecule has 22 heavy (non-hydrogen) atoms. The molecule has 0 saturated heterocycles. The summed E-state index contributed by atoms with van der Waals surface area (Å²) in [5.74, 6) is -0.126. The van der Waals surface area contributed by atoms with Crippen LogP contribution in [0.5, 0.6) is 0 Å². The van der Waals surface area contributed by atoms with Gasteiger partial charge in [0.15, 0.2) is 0 Å². The maximum Gasteiger partial charge on any atom is 0.251 e. The predicted molar refractivity (Wildman–Crippen MR) is 79.4 cm³/mol. The number of hydrogen-bond acceptors (Lipinski definition) is 4. The number of primary amides is 1. The zero-order valence-corrected chi connectivity index (χ0v) is 12.5. The first kappa shape index (κ1) is 14.4. The molecule has 0 fully saturated rings. The van der Waals surface area contributed by atoms with Crippen molar-refractivity contribution in [3.8, 4) is 0 Å². The van der Waals surface area contributed by atoms with Crippen LogP contribution in [0.15, 0.2) is 35.4 Å². The second-order valence-corrected chi connectivity index (χ2v) is 5.85. The number of ether oxygens (including phenoxy) is 1. The predicted octanol–water partition coefficient (Wildman–Crippen LogP) is 0.855. The lowest BCUT2D eigenvalue weighted by Crippen LogP contribution is -2.39. The van der Waals surface area contributed by atoms with Gasteiger partial charge in [-0.2, -0.15) is 5.10 Å². The van der Waals surface area contributed by atoms with Crippen LogP contribution in [-0.2, 0) is 21.4 Å². The molecule has 116 valence electrons. The Morgan fingerprint density at radius 3 is 2.91 bits per heavy atom. The first-order chi connectivity index (χ1) is 10.4. The highest BCUT2D eigenvalue weighted by Crippen LogP contribution is 2.44. The Bertz CT molecular complexity index is 716.